The van der Waals surface area contributed by atoms with Crippen LogP contribution in [0.25, 0.3) is 11.0 Å². The summed E-state index contributed by atoms with van der Waals surface area (Å²) in [7, 11) is 0. The molecule has 100 valence electrons. The van der Waals surface area contributed by atoms with Crippen molar-refractivity contribution in [3.8, 4) is 5.75 Å². The first kappa shape index (κ1) is 13.2. The number of benzene rings is 1. The monoisotopic (exact) mass is 259 g/mol. The van der Waals surface area contributed by atoms with Gasteiger partial charge in [-0.25, -0.2) is 0 Å². The molecule has 0 aliphatic heterocycles. The van der Waals surface area contributed by atoms with E-state index in [0.29, 0.717) is 23.5 Å². The van der Waals surface area contributed by atoms with Gasteiger partial charge in [0.05, 0.1) is 11.6 Å². The van der Waals surface area contributed by atoms with Crippen molar-refractivity contribution in [2.75, 3.05) is 6.61 Å². The first-order valence-corrected chi connectivity index (χ1v) is 6.17. The maximum absolute atomic E-state index is 12.0. The van der Waals surface area contributed by atoms with Crippen LogP contribution in [0.1, 0.15) is 24.2 Å². The van der Waals surface area contributed by atoms with Crippen LogP contribution < -0.4 is 10.1 Å². The Morgan fingerprint density at radius 3 is 3.00 bits per heavy atom. The molecular weight excluding hydrogens is 242 g/mol. The van der Waals surface area contributed by atoms with Crippen LogP contribution in [0.4, 0.5) is 0 Å². The minimum atomic E-state index is -0.142. The van der Waals surface area contributed by atoms with Gasteiger partial charge in [0.25, 0.3) is 5.91 Å². The SMILES string of the molecule is C=CCOc1cc(C(=O)NC(C)C)cc2occc12. The van der Waals surface area contributed by atoms with Gasteiger partial charge in [-0.3, -0.25) is 4.79 Å². The Bertz CT molecular complexity index is 598. The fourth-order valence-electron chi connectivity index (χ4n) is 1.78. The van der Waals surface area contributed by atoms with Crippen molar-refractivity contribution in [1.82, 2.24) is 5.32 Å². The van der Waals surface area contributed by atoms with Gasteiger partial charge in [0.1, 0.15) is 17.9 Å². The summed E-state index contributed by atoms with van der Waals surface area (Å²) in [5.41, 5.74) is 1.16. The lowest BCUT2D eigenvalue weighted by atomic mass is 10.1. The molecule has 0 atom stereocenters. The zero-order valence-electron chi connectivity index (χ0n) is 11.1. The number of hydrogen-bond donors (Lipinski definition) is 1. The Kier molecular flexibility index (Phi) is 3.90. The molecule has 19 heavy (non-hydrogen) atoms. The highest BCUT2D eigenvalue weighted by Gasteiger charge is 2.13. The number of carbonyl (C=O) groups excluding carboxylic acids is 1. The molecular formula is C15H17NO3. The third-order valence-electron chi connectivity index (χ3n) is 2.57. The van der Waals surface area contributed by atoms with E-state index in [1.54, 1.807) is 24.5 Å². The zero-order valence-corrected chi connectivity index (χ0v) is 11.1. The summed E-state index contributed by atoms with van der Waals surface area (Å²) in [4.78, 5) is 12.0. The van der Waals surface area contributed by atoms with Crippen LogP contribution in [0.2, 0.25) is 0 Å². The van der Waals surface area contributed by atoms with Crippen molar-refractivity contribution in [3.05, 3.63) is 42.7 Å². The van der Waals surface area contributed by atoms with Gasteiger partial charge in [-0.2, -0.15) is 0 Å². The van der Waals surface area contributed by atoms with E-state index in [0.717, 1.165) is 5.39 Å². The van der Waals surface area contributed by atoms with Gasteiger partial charge in [0.15, 0.2) is 0 Å². The minimum Gasteiger partial charge on any atom is -0.489 e. The van der Waals surface area contributed by atoms with Gasteiger partial charge in [-0.15, -0.1) is 0 Å². The Balaban J connectivity index is 2.39. The van der Waals surface area contributed by atoms with Crippen LogP contribution in [-0.4, -0.2) is 18.6 Å². The molecule has 0 radical (unpaired) electrons. The van der Waals surface area contributed by atoms with Crippen LogP contribution in [0.3, 0.4) is 0 Å². The second-order valence-corrected chi connectivity index (χ2v) is 4.53. The summed E-state index contributed by atoms with van der Waals surface area (Å²) < 4.78 is 10.9. The average Bonchev–Trinajstić information content (AvgIpc) is 2.83. The second-order valence-electron chi connectivity index (χ2n) is 4.53. The Hall–Kier alpha value is -2.23. The molecule has 0 saturated carbocycles. The molecule has 2 rings (SSSR count). The van der Waals surface area contributed by atoms with Gasteiger partial charge in [0.2, 0.25) is 0 Å². The lowest BCUT2D eigenvalue weighted by Crippen LogP contribution is -2.30. The molecule has 1 aromatic heterocycles. The summed E-state index contributed by atoms with van der Waals surface area (Å²) in [6.07, 6.45) is 3.24. The van der Waals surface area contributed by atoms with E-state index >= 15 is 0 Å². The normalized spacial score (nSPS) is 10.7. The lowest BCUT2D eigenvalue weighted by Gasteiger charge is -2.10. The lowest BCUT2D eigenvalue weighted by molar-refractivity contribution is 0.0942. The molecule has 1 heterocycles. The molecule has 2 aromatic rings. The summed E-state index contributed by atoms with van der Waals surface area (Å²) in [5, 5.41) is 3.69. The number of rotatable bonds is 5. The highest BCUT2D eigenvalue weighted by atomic mass is 16.5. The first-order valence-electron chi connectivity index (χ1n) is 6.17. The van der Waals surface area contributed by atoms with Crippen LogP contribution in [0.15, 0.2) is 41.5 Å². The summed E-state index contributed by atoms with van der Waals surface area (Å²) in [6, 6.07) is 5.34. The zero-order chi connectivity index (χ0) is 13.8. The van der Waals surface area contributed by atoms with Crippen LogP contribution >= 0.6 is 0 Å². The van der Waals surface area contributed by atoms with Crippen molar-refractivity contribution in [2.45, 2.75) is 19.9 Å². The average molecular weight is 259 g/mol. The number of furan rings is 1. The molecule has 0 spiro atoms. The van der Waals surface area contributed by atoms with Gasteiger partial charge in [0, 0.05) is 11.6 Å². The van der Waals surface area contributed by atoms with E-state index in [1.165, 1.54) is 0 Å². The molecule has 1 N–H and O–H groups in total. The molecule has 0 unspecified atom stereocenters. The second kappa shape index (κ2) is 5.61. The smallest absolute Gasteiger partial charge is 0.251 e. The fourth-order valence-corrected chi connectivity index (χ4v) is 1.78. The van der Waals surface area contributed by atoms with Crippen LogP contribution in [0.5, 0.6) is 5.75 Å². The largest absolute Gasteiger partial charge is 0.489 e. The van der Waals surface area contributed by atoms with E-state index in [9.17, 15) is 4.79 Å². The first-order chi connectivity index (χ1) is 9.11. The Morgan fingerprint density at radius 2 is 2.32 bits per heavy atom. The minimum absolute atomic E-state index is 0.0809. The summed E-state index contributed by atoms with van der Waals surface area (Å²) in [6.45, 7) is 7.83. The highest BCUT2D eigenvalue weighted by Crippen LogP contribution is 2.28. The van der Waals surface area contributed by atoms with Gasteiger partial charge >= 0.3 is 0 Å². The molecule has 0 aliphatic rings. The van der Waals surface area contributed by atoms with Crippen molar-refractivity contribution in [3.63, 3.8) is 0 Å². The van der Waals surface area contributed by atoms with Crippen molar-refractivity contribution in [1.29, 1.82) is 0 Å². The molecule has 0 saturated heterocycles. The standard InChI is InChI=1S/C15H17NO3/c1-4-6-18-13-8-11(15(17)16-10(2)3)9-14-12(13)5-7-19-14/h4-5,7-10H,1,6H2,2-3H3,(H,16,17). The number of ether oxygens (including phenoxy) is 1. The molecule has 0 aliphatic carbocycles. The van der Waals surface area contributed by atoms with Crippen LogP contribution in [0, 0.1) is 0 Å². The Labute approximate surface area is 112 Å². The maximum Gasteiger partial charge on any atom is 0.251 e. The van der Waals surface area contributed by atoms with Crippen LogP contribution in [-0.2, 0) is 0 Å². The van der Waals surface area contributed by atoms with E-state index in [2.05, 4.69) is 11.9 Å². The molecule has 4 nitrogen and oxygen atoms in total. The quantitative estimate of drug-likeness (QED) is 0.839. The van der Waals surface area contributed by atoms with Crippen molar-refractivity contribution >= 4 is 16.9 Å². The predicted molar refractivity (Wildman–Crippen MR) is 74.5 cm³/mol. The van der Waals surface area contributed by atoms with E-state index in [1.807, 2.05) is 19.9 Å². The number of fused-ring (bicyclic) bond motifs is 1. The molecule has 0 bridgehead atoms. The van der Waals surface area contributed by atoms with E-state index in [-0.39, 0.29) is 11.9 Å². The van der Waals surface area contributed by atoms with Gasteiger partial charge in [-0.1, -0.05) is 12.7 Å². The molecule has 1 amide bonds. The maximum atomic E-state index is 12.0. The fraction of sp³-hybridized carbons (Fsp3) is 0.267. The van der Waals surface area contributed by atoms with E-state index in [4.69, 9.17) is 9.15 Å². The molecule has 4 heteroatoms. The highest BCUT2D eigenvalue weighted by molar-refractivity contribution is 5.99. The summed E-state index contributed by atoms with van der Waals surface area (Å²) >= 11 is 0. The van der Waals surface area contributed by atoms with Gasteiger partial charge in [-0.05, 0) is 32.0 Å². The van der Waals surface area contributed by atoms with Crippen molar-refractivity contribution < 1.29 is 13.9 Å². The topological polar surface area (TPSA) is 51.5 Å². The number of hydrogen-bond acceptors (Lipinski definition) is 3. The number of carbonyl (C=O) groups is 1. The summed E-state index contributed by atoms with van der Waals surface area (Å²) in [5.74, 6) is 0.483. The van der Waals surface area contributed by atoms with Crippen molar-refractivity contribution in [2.24, 2.45) is 0 Å². The van der Waals surface area contributed by atoms with E-state index < -0.39 is 0 Å². The number of amides is 1. The predicted octanol–water partition coefficient (Wildman–Crippen LogP) is 3.14. The Morgan fingerprint density at radius 1 is 1.53 bits per heavy atom. The third-order valence-corrected chi connectivity index (χ3v) is 2.57. The van der Waals surface area contributed by atoms with Gasteiger partial charge < -0.3 is 14.5 Å². The third kappa shape index (κ3) is 2.96. The molecule has 0 fully saturated rings. The molecule has 1 aromatic carbocycles. The number of nitrogens with one attached hydrogen (secondary N) is 1.